The van der Waals surface area contributed by atoms with Gasteiger partial charge >= 0.3 is 0 Å². The molecule has 7 nitrogen and oxygen atoms in total. The minimum atomic E-state index is -3.56. The Morgan fingerprint density at radius 1 is 1.11 bits per heavy atom. The van der Waals surface area contributed by atoms with Gasteiger partial charge in [0.05, 0.1) is 11.9 Å². The maximum absolute atomic E-state index is 13.3. The van der Waals surface area contributed by atoms with Crippen molar-refractivity contribution in [3.05, 3.63) is 63.1 Å². The number of anilines is 1. The van der Waals surface area contributed by atoms with Crippen molar-refractivity contribution >= 4 is 50.7 Å². The first-order valence-electron chi connectivity index (χ1n) is 11.4. The minimum absolute atomic E-state index is 0.0613. The lowest BCUT2D eigenvalue weighted by molar-refractivity contribution is -0.140. The Morgan fingerprint density at radius 2 is 1.80 bits per heavy atom. The molecule has 1 N–H and O–H groups in total. The van der Waals surface area contributed by atoms with Crippen LogP contribution in [0.4, 0.5) is 5.69 Å². The van der Waals surface area contributed by atoms with Crippen LogP contribution in [0.2, 0.25) is 10.0 Å². The normalized spacial score (nSPS) is 12.2. The van der Waals surface area contributed by atoms with Crippen molar-refractivity contribution in [2.24, 2.45) is 0 Å². The monoisotopic (exact) mass is 541 g/mol. The highest BCUT2D eigenvalue weighted by atomic mass is 35.5. The molecule has 2 rings (SSSR count). The van der Waals surface area contributed by atoms with Gasteiger partial charge in [0, 0.05) is 36.1 Å². The molecule has 0 spiro atoms. The third-order valence-electron chi connectivity index (χ3n) is 5.87. The highest BCUT2D eigenvalue weighted by Gasteiger charge is 2.27. The summed E-state index contributed by atoms with van der Waals surface area (Å²) in [6.45, 7) is 7.96. The van der Waals surface area contributed by atoms with Gasteiger partial charge in [-0.25, -0.2) is 8.42 Å². The van der Waals surface area contributed by atoms with E-state index >= 15 is 0 Å². The van der Waals surface area contributed by atoms with Gasteiger partial charge in [0.15, 0.2) is 0 Å². The van der Waals surface area contributed by atoms with Gasteiger partial charge in [0.1, 0.15) is 6.04 Å². The van der Waals surface area contributed by atoms with Crippen LogP contribution in [0.3, 0.4) is 0 Å². The number of amides is 2. The predicted molar refractivity (Wildman–Crippen MR) is 142 cm³/mol. The molecule has 2 aromatic carbocycles. The molecule has 35 heavy (non-hydrogen) atoms. The SMILES string of the molecule is CCNC(=O)[C@@H](C)N(Cc1ccc(Cl)cc1Cl)C(=O)CCCN(c1cccc(C)c1C)S(C)(=O)=O. The third kappa shape index (κ3) is 7.85. The smallest absolute Gasteiger partial charge is 0.242 e. The summed E-state index contributed by atoms with van der Waals surface area (Å²) in [5.41, 5.74) is 3.11. The molecule has 0 unspecified atom stereocenters. The molecule has 1 atom stereocenters. The lowest BCUT2D eigenvalue weighted by atomic mass is 10.1. The Kier molecular flexibility index (Phi) is 10.4. The maximum Gasteiger partial charge on any atom is 0.242 e. The number of nitrogens with one attached hydrogen (secondary N) is 1. The quantitative estimate of drug-likeness (QED) is 0.446. The van der Waals surface area contributed by atoms with Crippen LogP contribution in [-0.2, 0) is 26.2 Å². The van der Waals surface area contributed by atoms with Crippen molar-refractivity contribution in [2.75, 3.05) is 23.7 Å². The van der Waals surface area contributed by atoms with Crippen molar-refractivity contribution in [1.29, 1.82) is 0 Å². The molecule has 0 aromatic heterocycles. The minimum Gasteiger partial charge on any atom is -0.355 e. The second-order valence-electron chi connectivity index (χ2n) is 8.49. The number of rotatable bonds is 11. The van der Waals surface area contributed by atoms with Crippen molar-refractivity contribution < 1.29 is 18.0 Å². The average Bonchev–Trinajstić information content (AvgIpc) is 2.77. The van der Waals surface area contributed by atoms with Gasteiger partial charge in [-0.1, -0.05) is 41.4 Å². The summed E-state index contributed by atoms with van der Waals surface area (Å²) in [5.74, 6) is -0.553. The number of nitrogens with zero attached hydrogens (tertiary/aromatic N) is 2. The van der Waals surface area contributed by atoms with Gasteiger partial charge in [-0.15, -0.1) is 0 Å². The summed E-state index contributed by atoms with van der Waals surface area (Å²) >= 11 is 12.3. The number of aryl methyl sites for hydroxylation is 1. The van der Waals surface area contributed by atoms with Crippen LogP contribution in [0.15, 0.2) is 36.4 Å². The number of carbonyl (C=O) groups excluding carboxylic acids is 2. The van der Waals surface area contributed by atoms with E-state index in [4.69, 9.17) is 23.2 Å². The lowest BCUT2D eigenvalue weighted by Gasteiger charge is -2.30. The van der Waals surface area contributed by atoms with Crippen LogP contribution in [0, 0.1) is 13.8 Å². The van der Waals surface area contributed by atoms with Crippen molar-refractivity contribution in [2.45, 2.75) is 53.1 Å². The van der Waals surface area contributed by atoms with E-state index in [1.807, 2.05) is 26.0 Å². The van der Waals surface area contributed by atoms with Crippen LogP contribution in [0.1, 0.15) is 43.4 Å². The number of sulfonamides is 1. The largest absolute Gasteiger partial charge is 0.355 e. The van der Waals surface area contributed by atoms with Crippen LogP contribution in [0.25, 0.3) is 0 Å². The van der Waals surface area contributed by atoms with E-state index < -0.39 is 16.1 Å². The van der Waals surface area contributed by atoms with Gasteiger partial charge in [-0.05, 0) is 69.0 Å². The summed E-state index contributed by atoms with van der Waals surface area (Å²) in [6, 6.07) is 9.75. The molecule has 0 aliphatic heterocycles. The molecule has 0 saturated heterocycles. The van der Waals surface area contributed by atoms with Crippen molar-refractivity contribution in [3.63, 3.8) is 0 Å². The Balaban J connectivity index is 2.22. The molecule has 2 aromatic rings. The number of carbonyl (C=O) groups is 2. The Morgan fingerprint density at radius 3 is 2.40 bits per heavy atom. The Hall–Kier alpha value is -2.29. The highest BCUT2D eigenvalue weighted by molar-refractivity contribution is 7.92. The van der Waals surface area contributed by atoms with Gasteiger partial charge in [0.25, 0.3) is 0 Å². The van der Waals surface area contributed by atoms with Crippen LogP contribution in [0.5, 0.6) is 0 Å². The summed E-state index contributed by atoms with van der Waals surface area (Å²) < 4.78 is 26.4. The molecule has 2 amide bonds. The van der Waals surface area contributed by atoms with E-state index in [0.29, 0.717) is 27.8 Å². The number of hydrogen-bond donors (Lipinski definition) is 1. The Labute approximate surface area is 218 Å². The predicted octanol–water partition coefficient (Wildman–Crippen LogP) is 4.71. The zero-order chi connectivity index (χ0) is 26.3. The summed E-state index contributed by atoms with van der Waals surface area (Å²) in [7, 11) is -3.56. The molecule has 0 bridgehead atoms. The molecule has 10 heteroatoms. The number of halogens is 2. The molecular formula is C25H33Cl2N3O4S. The molecule has 0 fully saturated rings. The fourth-order valence-electron chi connectivity index (χ4n) is 3.73. The molecule has 0 radical (unpaired) electrons. The standard InChI is InChI=1S/C25H33Cl2N3O4S/c1-6-28-25(32)19(4)29(16-20-12-13-21(26)15-22(20)27)24(31)11-8-14-30(35(5,33)34)23-10-7-9-17(2)18(23)3/h7,9-10,12-13,15,19H,6,8,11,14,16H2,1-5H3,(H,28,32)/t19-/m1/s1. The van der Waals surface area contributed by atoms with Crippen LogP contribution in [-0.4, -0.2) is 50.5 Å². The van der Waals surface area contributed by atoms with Crippen molar-refractivity contribution in [3.8, 4) is 0 Å². The highest BCUT2D eigenvalue weighted by Crippen LogP contribution is 2.26. The zero-order valence-electron chi connectivity index (χ0n) is 20.8. The number of benzene rings is 2. The fraction of sp³-hybridized carbons (Fsp3) is 0.440. The first kappa shape index (κ1) is 28.9. The first-order chi connectivity index (χ1) is 16.4. The van der Waals surface area contributed by atoms with E-state index in [-0.39, 0.29) is 37.7 Å². The van der Waals surface area contributed by atoms with E-state index in [9.17, 15) is 18.0 Å². The second kappa shape index (κ2) is 12.6. The summed E-state index contributed by atoms with van der Waals surface area (Å²) in [4.78, 5) is 27.3. The molecule has 0 saturated carbocycles. The second-order valence-corrected chi connectivity index (χ2v) is 11.2. The van der Waals surface area contributed by atoms with Gasteiger partial charge < -0.3 is 10.2 Å². The van der Waals surface area contributed by atoms with E-state index in [1.165, 1.54) is 9.21 Å². The fourth-order valence-corrected chi connectivity index (χ4v) is 5.21. The van der Waals surface area contributed by atoms with Gasteiger partial charge in [-0.2, -0.15) is 0 Å². The molecule has 0 heterocycles. The Bertz CT molecular complexity index is 1170. The molecule has 0 aliphatic carbocycles. The van der Waals surface area contributed by atoms with E-state index in [1.54, 1.807) is 38.1 Å². The van der Waals surface area contributed by atoms with Crippen LogP contribution < -0.4 is 9.62 Å². The molecule has 192 valence electrons. The van der Waals surface area contributed by atoms with Gasteiger partial charge in [-0.3, -0.25) is 13.9 Å². The van der Waals surface area contributed by atoms with Gasteiger partial charge in [0.2, 0.25) is 21.8 Å². The third-order valence-corrected chi connectivity index (χ3v) is 7.64. The van der Waals surface area contributed by atoms with Crippen LogP contribution >= 0.6 is 23.2 Å². The number of likely N-dealkylation sites (N-methyl/N-ethyl adjacent to an activating group) is 1. The summed E-state index contributed by atoms with van der Waals surface area (Å²) in [6.07, 6.45) is 1.50. The maximum atomic E-state index is 13.3. The zero-order valence-corrected chi connectivity index (χ0v) is 23.1. The summed E-state index contributed by atoms with van der Waals surface area (Å²) in [5, 5.41) is 3.62. The first-order valence-corrected chi connectivity index (χ1v) is 14.0. The topological polar surface area (TPSA) is 86.8 Å². The lowest BCUT2D eigenvalue weighted by Crippen LogP contribution is -2.47. The van der Waals surface area contributed by atoms with Crippen molar-refractivity contribution in [1.82, 2.24) is 10.2 Å². The van der Waals surface area contributed by atoms with E-state index in [0.717, 1.165) is 17.4 Å². The van der Waals surface area contributed by atoms with E-state index in [2.05, 4.69) is 5.32 Å². The molecule has 0 aliphatic rings. The average molecular weight is 543 g/mol. The molecular weight excluding hydrogens is 509 g/mol. The number of hydrogen-bond acceptors (Lipinski definition) is 4.